The van der Waals surface area contributed by atoms with Gasteiger partial charge in [0.15, 0.2) is 6.23 Å². The van der Waals surface area contributed by atoms with Gasteiger partial charge in [0.1, 0.15) is 24.9 Å². The smallest absolute Gasteiger partial charge is 0.412 e. The van der Waals surface area contributed by atoms with E-state index in [0.29, 0.717) is 39.0 Å². The lowest BCUT2D eigenvalue weighted by molar-refractivity contribution is -0.157. The molecule has 2 bridgehead atoms. The highest BCUT2D eigenvalue weighted by atomic mass is 16.7. The number of hydrogen-bond acceptors (Lipinski definition) is 7. The number of fused-ring (bicyclic) bond motifs is 2. The van der Waals surface area contributed by atoms with E-state index in [2.05, 4.69) is 5.48 Å². The summed E-state index contributed by atoms with van der Waals surface area (Å²) in [7, 11) is 0. The lowest BCUT2D eigenvalue weighted by atomic mass is 10.0. The van der Waals surface area contributed by atoms with Gasteiger partial charge in [0.2, 0.25) is 0 Å². The van der Waals surface area contributed by atoms with Gasteiger partial charge >= 0.3 is 12.1 Å². The molecule has 0 radical (unpaired) electrons. The third kappa shape index (κ3) is 6.22. The van der Waals surface area contributed by atoms with Crippen LogP contribution in [0, 0.1) is 0 Å². The summed E-state index contributed by atoms with van der Waals surface area (Å²) < 4.78 is 11.1. The number of nitrogens with one attached hydrogen (secondary N) is 1. The summed E-state index contributed by atoms with van der Waals surface area (Å²) in [6, 6.07) is 8.54. The molecule has 4 amide bonds. The van der Waals surface area contributed by atoms with E-state index in [-0.39, 0.29) is 25.3 Å². The predicted octanol–water partition coefficient (Wildman–Crippen LogP) is 2.42. The molecule has 0 unspecified atom stereocenters. The zero-order valence-corrected chi connectivity index (χ0v) is 20.5. The predicted molar refractivity (Wildman–Crippen MR) is 123 cm³/mol. The summed E-state index contributed by atoms with van der Waals surface area (Å²) >= 11 is 0. The second-order valence-electron chi connectivity index (χ2n) is 9.90. The lowest BCUT2D eigenvalue weighted by Crippen LogP contribution is -2.53. The number of nitrogens with zero attached hydrogens (tertiary/aromatic N) is 3. The monoisotopic (exact) mass is 490 g/mol. The van der Waals surface area contributed by atoms with Gasteiger partial charge in [0.25, 0.3) is 5.91 Å². The van der Waals surface area contributed by atoms with E-state index in [4.69, 9.17) is 19.1 Å². The number of rotatable bonds is 7. The van der Waals surface area contributed by atoms with E-state index < -0.39 is 29.9 Å². The molecule has 3 heterocycles. The zero-order chi connectivity index (χ0) is 25.0. The third-order valence-electron chi connectivity index (χ3n) is 6.07. The van der Waals surface area contributed by atoms with Crippen molar-refractivity contribution in [3.63, 3.8) is 0 Å². The van der Waals surface area contributed by atoms with E-state index in [1.165, 1.54) is 14.9 Å². The summed E-state index contributed by atoms with van der Waals surface area (Å²) in [6.45, 7) is 6.99. The summed E-state index contributed by atoms with van der Waals surface area (Å²) in [5, 5.41) is 1.38. The number of piperidine rings is 1. The molecule has 0 aliphatic carbocycles. The quantitative estimate of drug-likeness (QED) is 0.585. The van der Waals surface area contributed by atoms with Gasteiger partial charge in [-0.25, -0.2) is 15.1 Å². The number of carbonyl (C=O) groups excluding carboxylic acids is 3. The first-order valence-electron chi connectivity index (χ1n) is 12.0. The Balaban J connectivity index is 1.26. The molecule has 0 aromatic heterocycles. The first kappa shape index (κ1) is 25.2. The Bertz CT molecular complexity index is 907. The average Bonchev–Trinajstić information content (AvgIpc) is 3.06. The minimum Gasteiger partial charge on any atom is -0.444 e. The maximum Gasteiger partial charge on any atom is 0.412 e. The Morgan fingerprint density at radius 2 is 1.94 bits per heavy atom. The Kier molecular flexibility index (Phi) is 7.78. The van der Waals surface area contributed by atoms with Gasteiger partial charge in [-0.2, -0.15) is 5.06 Å². The highest BCUT2D eigenvalue weighted by Gasteiger charge is 2.48. The standard InChI is InChI=1S/C24H34N4O7/c1-24(2,3)35-23(31)26-12-7-13-32-20(26)16-33-25-21(29)19-11-10-18-14-27(19)22(30)28(18)34-15-17-8-5-4-6-9-17/h4-6,8-9,18-20H,7,10-16H2,1-3H3,(H,25,29)/t18-,19+,20+/m1/s1. The molecule has 11 heteroatoms. The molecule has 3 aliphatic rings. The number of ether oxygens (including phenoxy) is 2. The van der Waals surface area contributed by atoms with Crippen LogP contribution in [0.5, 0.6) is 0 Å². The van der Waals surface area contributed by atoms with Crippen LogP contribution in [0.25, 0.3) is 0 Å². The molecule has 3 atom stereocenters. The third-order valence-corrected chi connectivity index (χ3v) is 6.07. The molecule has 4 rings (SSSR count). The fourth-order valence-electron chi connectivity index (χ4n) is 4.40. The molecule has 11 nitrogen and oxygen atoms in total. The topological polar surface area (TPSA) is 110 Å². The van der Waals surface area contributed by atoms with Gasteiger partial charge in [0.05, 0.1) is 12.6 Å². The molecule has 1 N–H and O–H groups in total. The van der Waals surface area contributed by atoms with Crippen LogP contribution >= 0.6 is 0 Å². The van der Waals surface area contributed by atoms with E-state index in [1.807, 2.05) is 30.3 Å². The van der Waals surface area contributed by atoms with Crippen LogP contribution in [0.3, 0.4) is 0 Å². The van der Waals surface area contributed by atoms with Crippen molar-refractivity contribution in [2.45, 2.75) is 70.6 Å². The van der Waals surface area contributed by atoms with Crippen LogP contribution < -0.4 is 5.48 Å². The van der Waals surface area contributed by atoms with Crippen molar-refractivity contribution in [3.8, 4) is 0 Å². The van der Waals surface area contributed by atoms with Crippen molar-refractivity contribution in [3.05, 3.63) is 35.9 Å². The Morgan fingerprint density at radius 1 is 1.17 bits per heavy atom. The van der Waals surface area contributed by atoms with Crippen molar-refractivity contribution in [1.29, 1.82) is 0 Å². The normalized spacial score (nSPS) is 24.5. The number of hydroxylamine groups is 3. The van der Waals surface area contributed by atoms with Crippen molar-refractivity contribution >= 4 is 18.0 Å². The number of hydrogen-bond donors (Lipinski definition) is 1. The van der Waals surface area contributed by atoms with Crippen LogP contribution in [0.4, 0.5) is 9.59 Å². The molecule has 3 saturated heterocycles. The summed E-state index contributed by atoms with van der Waals surface area (Å²) in [4.78, 5) is 52.4. The maximum atomic E-state index is 12.9. The van der Waals surface area contributed by atoms with E-state index in [1.54, 1.807) is 20.8 Å². The van der Waals surface area contributed by atoms with Gasteiger partial charge in [-0.15, -0.1) is 0 Å². The maximum absolute atomic E-state index is 12.9. The molecule has 3 aliphatic heterocycles. The number of urea groups is 1. The van der Waals surface area contributed by atoms with Gasteiger partial charge < -0.3 is 14.4 Å². The van der Waals surface area contributed by atoms with Gasteiger partial charge in [0, 0.05) is 13.1 Å². The Labute approximate surface area is 205 Å². The molecule has 1 aromatic rings. The van der Waals surface area contributed by atoms with E-state index in [9.17, 15) is 14.4 Å². The van der Waals surface area contributed by atoms with Crippen molar-refractivity contribution < 1.29 is 33.5 Å². The number of benzene rings is 1. The van der Waals surface area contributed by atoms with Crippen molar-refractivity contribution in [2.75, 3.05) is 26.3 Å². The van der Waals surface area contributed by atoms with Crippen LogP contribution in [0.2, 0.25) is 0 Å². The van der Waals surface area contributed by atoms with Crippen LogP contribution in [-0.2, 0) is 30.6 Å². The summed E-state index contributed by atoms with van der Waals surface area (Å²) in [5.74, 6) is -0.415. The molecule has 0 spiro atoms. The molecule has 3 fully saturated rings. The SMILES string of the molecule is CC(C)(C)OC(=O)N1CCCO[C@H]1CONC(=O)[C@@H]1CC[C@@H]2CN1C(=O)N2OCc1ccccc1. The second kappa shape index (κ2) is 10.8. The van der Waals surface area contributed by atoms with Crippen LogP contribution in [0.15, 0.2) is 30.3 Å². The fraction of sp³-hybridized carbons (Fsp3) is 0.625. The number of amides is 4. The molecule has 192 valence electrons. The highest BCUT2D eigenvalue weighted by molar-refractivity contribution is 5.88. The fourth-order valence-corrected chi connectivity index (χ4v) is 4.40. The van der Waals surface area contributed by atoms with Crippen LogP contribution in [-0.4, -0.2) is 83.1 Å². The Morgan fingerprint density at radius 3 is 2.69 bits per heavy atom. The first-order chi connectivity index (χ1) is 16.7. The molecular formula is C24H34N4O7. The largest absolute Gasteiger partial charge is 0.444 e. The summed E-state index contributed by atoms with van der Waals surface area (Å²) in [5.41, 5.74) is 2.76. The minimum absolute atomic E-state index is 0.0550. The lowest BCUT2D eigenvalue weighted by Gasteiger charge is -2.36. The average molecular weight is 491 g/mol. The van der Waals surface area contributed by atoms with E-state index in [0.717, 1.165) is 5.56 Å². The van der Waals surface area contributed by atoms with E-state index >= 15 is 0 Å². The van der Waals surface area contributed by atoms with Gasteiger partial charge in [-0.1, -0.05) is 30.3 Å². The molecule has 1 aromatic carbocycles. The molecule has 0 saturated carbocycles. The minimum atomic E-state index is -0.676. The van der Waals surface area contributed by atoms with Gasteiger partial charge in [-0.05, 0) is 45.6 Å². The summed E-state index contributed by atoms with van der Waals surface area (Å²) in [6.07, 6.45) is 0.665. The van der Waals surface area contributed by atoms with Gasteiger partial charge in [-0.3, -0.25) is 19.4 Å². The molecule has 35 heavy (non-hydrogen) atoms. The highest BCUT2D eigenvalue weighted by Crippen LogP contribution is 2.30. The second-order valence-corrected chi connectivity index (χ2v) is 9.90. The molecular weight excluding hydrogens is 456 g/mol. The first-order valence-corrected chi connectivity index (χ1v) is 12.0. The Hall–Kier alpha value is -2.89. The van der Waals surface area contributed by atoms with Crippen molar-refractivity contribution in [2.24, 2.45) is 0 Å². The zero-order valence-electron chi connectivity index (χ0n) is 20.5. The van der Waals surface area contributed by atoms with Crippen LogP contribution in [0.1, 0.15) is 45.6 Å². The van der Waals surface area contributed by atoms with Crippen molar-refractivity contribution in [1.82, 2.24) is 20.3 Å². The number of carbonyl (C=O) groups is 3.